The van der Waals surface area contributed by atoms with E-state index in [0.29, 0.717) is 15.8 Å². The smallest absolute Gasteiger partial charge is 0.137 e. The predicted molar refractivity (Wildman–Crippen MR) is 88.1 cm³/mol. The molecule has 1 unspecified atom stereocenters. The first-order valence-corrected chi connectivity index (χ1v) is 7.56. The first kappa shape index (κ1) is 15.6. The molecule has 0 fully saturated rings. The molecule has 2 aromatic rings. The van der Waals surface area contributed by atoms with Gasteiger partial charge in [0.2, 0.25) is 0 Å². The van der Waals surface area contributed by atoms with Gasteiger partial charge in [-0.15, -0.1) is 0 Å². The third-order valence-electron chi connectivity index (χ3n) is 3.02. The fraction of sp³-hybridized carbons (Fsp3) is 0.200. The first-order chi connectivity index (χ1) is 9.55. The maximum absolute atomic E-state index is 6.19. The maximum Gasteiger partial charge on any atom is 0.137 e. The number of rotatable bonds is 4. The Kier molecular flexibility index (Phi) is 5.33. The number of ether oxygens (including phenoxy) is 1. The highest BCUT2D eigenvalue weighted by Gasteiger charge is 2.15. The van der Waals surface area contributed by atoms with Crippen molar-refractivity contribution in [2.75, 3.05) is 14.2 Å². The van der Waals surface area contributed by atoms with Crippen LogP contribution in [0.3, 0.4) is 0 Å². The van der Waals surface area contributed by atoms with E-state index < -0.39 is 0 Å². The van der Waals surface area contributed by atoms with E-state index in [1.165, 1.54) is 0 Å². The quantitative estimate of drug-likeness (QED) is 0.806. The number of halogens is 3. The second-order valence-corrected chi connectivity index (χ2v) is 6.08. The molecular weight excluding hydrogens is 361 g/mol. The summed E-state index contributed by atoms with van der Waals surface area (Å²) in [6, 6.07) is 11.6. The topological polar surface area (TPSA) is 21.3 Å². The summed E-state index contributed by atoms with van der Waals surface area (Å²) in [6.45, 7) is 0. The zero-order valence-electron chi connectivity index (χ0n) is 11.1. The average molecular weight is 375 g/mol. The molecule has 0 saturated heterocycles. The third-order valence-corrected chi connectivity index (χ3v) is 3.99. The van der Waals surface area contributed by atoms with E-state index in [4.69, 9.17) is 27.9 Å². The van der Waals surface area contributed by atoms with Crippen LogP contribution in [0.2, 0.25) is 10.0 Å². The van der Waals surface area contributed by atoms with E-state index in [0.717, 1.165) is 15.6 Å². The summed E-state index contributed by atoms with van der Waals surface area (Å²) in [5.74, 6) is 0.664. The lowest BCUT2D eigenvalue weighted by Gasteiger charge is -2.19. The van der Waals surface area contributed by atoms with Gasteiger partial charge in [-0.05, 0) is 48.5 Å². The second-order valence-electron chi connectivity index (χ2n) is 4.32. The zero-order chi connectivity index (χ0) is 14.7. The van der Waals surface area contributed by atoms with Crippen molar-refractivity contribution < 1.29 is 4.74 Å². The number of benzene rings is 2. The van der Waals surface area contributed by atoms with Crippen molar-refractivity contribution in [3.63, 3.8) is 0 Å². The molecule has 20 heavy (non-hydrogen) atoms. The lowest BCUT2D eigenvalue weighted by Crippen LogP contribution is -2.17. The van der Waals surface area contributed by atoms with Crippen molar-refractivity contribution in [3.05, 3.63) is 62.0 Å². The highest BCUT2D eigenvalue weighted by atomic mass is 79.9. The van der Waals surface area contributed by atoms with Crippen molar-refractivity contribution in [1.29, 1.82) is 0 Å². The third kappa shape index (κ3) is 3.47. The van der Waals surface area contributed by atoms with Crippen LogP contribution in [0, 0.1) is 0 Å². The van der Waals surface area contributed by atoms with Gasteiger partial charge < -0.3 is 10.1 Å². The Morgan fingerprint density at radius 3 is 2.40 bits per heavy atom. The van der Waals surface area contributed by atoms with Crippen LogP contribution in [0.5, 0.6) is 5.75 Å². The summed E-state index contributed by atoms with van der Waals surface area (Å²) in [6.07, 6.45) is 0. The molecule has 0 saturated carbocycles. The van der Waals surface area contributed by atoms with E-state index in [1.807, 2.05) is 43.4 Å². The van der Waals surface area contributed by atoms with E-state index in [-0.39, 0.29) is 6.04 Å². The van der Waals surface area contributed by atoms with Gasteiger partial charge in [0.15, 0.2) is 0 Å². The Morgan fingerprint density at radius 1 is 1.10 bits per heavy atom. The molecule has 0 aliphatic carbocycles. The van der Waals surface area contributed by atoms with Crippen molar-refractivity contribution in [2.45, 2.75) is 6.04 Å². The van der Waals surface area contributed by atoms with Crippen LogP contribution in [0.1, 0.15) is 17.2 Å². The molecule has 0 aliphatic rings. The monoisotopic (exact) mass is 373 g/mol. The lowest BCUT2D eigenvalue weighted by molar-refractivity contribution is 0.414. The van der Waals surface area contributed by atoms with Crippen molar-refractivity contribution in [3.8, 4) is 5.75 Å². The molecule has 2 rings (SSSR count). The molecule has 0 bridgehead atoms. The minimum absolute atomic E-state index is 0.00778. The standard InChI is InChI=1S/C15H14BrCl2NO/c1-19-15(10-5-11(16)8-12(17)6-10)9-3-4-14(20-2)13(18)7-9/h3-8,15,19H,1-2H3. The summed E-state index contributed by atoms with van der Waals surface area (Å²) in [7, 11) is 3.50. The van der Waals surface area contributed by atoms with Gasteiger partial charge in [0, 0.05) is 9.50 Å². The molecule has 106 valence electrons. The first-order valence-electron chi connectivity index (χ1n) is 6.02. The van der Waals surface area contributed by atoms with Gasteiger partial charge >= 0.3 is 0 Å². The molecule has 2 nitrogen and oxygen atoms in total. The second kappa shape index (κ2) is 6.81. The lowest BCUT2D eigenvalue weighted by atomic mass is 9.99. The van der Waals surface area contributed by atoms with Gasteiger partial charge in [0.05, 0.1) is 18.2 Å². The number of nitrogens with one attached hydrogen (secondary N) is 1. The van der Waals surface area contributed by atoms with E-state index in [9.17, 15) is 0 Å². The molecule has 5 heteroatoms. The van der Waals surface area contributed by atoms with Crippen molar-refractivity contribution in [1.82, 2.24) is 5.32 Å². The average Bonchev–Trinajstić information content (AvgIpc) is 2.38. The fourth-order valence-electron chi connectivity index (χ4n) is 2.13. The highest BCUT2D eigenvalue weighted by Crippen LogP contribution is 2.32. The SMILES string of the molecule is CNC(c1cc(Cl)cc(Br)c1)c1ccc(OC)c(Cl)c1. The van der Waals surface area contributed by atoms with Crippen LogP contribution < -0.4 is 10.1 Å². The van der Waals surface area contributed by atoms with Gasteiger partial charge in [0.25, 0.3) is 0 Å². The maximum atomic E-state index is 6.19. The number of hydrogen-bond donors (Lipinski definition) is 1. The van der Waals surface area contributed by atoms with Gasteiger partial charge in [-0.2, -0.15) is 0 Å². The largest absolute Gasteiger partial charge is 0.495 e. The van der Waals surface area contributed by atoms with Crippen LogP contribution in [0.4, 0.5) is 0 Å². The van der Waals surface area contributed by atoms with Gasteiger partial charge in [-0.1, -0.05) is 45.2 Å². The summed E-state index contributed by atoms with van der Waals surface area (Å²) in [4.78, 5) is 0. The van der Waals surface area contributed by atoms with E-state index >= 15 is 0 Å². The molecule has 0 radical (unpaired) electrons. The predicted octanol–water partition coefficient (Wildman–Crippen LogP) is 5.07. The van der Waals surface area contributed by atoms with Crippen molar-refractivity contribution >= 4 is 39.1 Å². The number of hydrogen-bond acceptors (Lipinski definition) is 2. The van der Waals surface area contributed by atoms with Gasteiger partial charge in [-0.3, -0.25) is 0 Å². The minimum atomic E-state index is 0.00778. The van der Waals surface area contributed by atoms with Gasteiger partial charge in [0.1, 0.15) is 5.75 Å². The molecule has 1 N–H and O–H groups in total. The van der Waals surface area contributed by atoms with Crippen LogP contribution in [0.25, 0.3) is 0 Å². The minimum Gasteiger partial charge on any atom is -0.495 e. The normalized spacial score (nSPS) is 12.2. The van der Waals surface area contributed by atoms with Crippen LogP contribution in [-0.2, 0) is 0 Å². The molecule has 0 aromatic heterocycles. The molecule has 0 heterocycles. The number of methoxy groups -OCH3 is 1. The Labute approximate surface area is 137 Å². The van der Waals surface area contributed by atoms with Crippen LogP contribution in [0.15, 0.2) is 40.9 Å². The Balaban J connectivity index is 2.44. The Hall–Kier alpha value is -0.740. The molecule has 1 atom stereocenters. The molecule has 2 aromatic carbocycles. The summed E-state index contributed by atoms with van der Waals surface area (Å²) >= 11 is 15.8. The molecular formula is C15H14BrCl2NO. The molecule has 0 spiro atoms. The Bertz CT molecular complexity index is 599. The summed E-state index contributed by atoms with van der Waals surface area (Å²) in [5.41, 5.74) is 2.11. The van der Waals surface area contributed by atoms with Crippen LogP contribution >= 0.6 is 39.1 Å². The Morgan fingerprint density at radius 2 is 1.85 bits per heavy atom. The van der Waals surface area contributed by atoms with Gasteiger partial charge in [-0.25, -0.2) is 0 Å². The van der Waals surface area contributed by atoms with E-state index in [2.05, 4.69) is 21.2 Å². The summed E-state index contributed by atoms with van der Waals surface area (Å²) in [5, 5.41) is 4.55. The van der Waals surface area contributed by atoms with Crippen LogP contribution in [-0.4, -0.2) is 14.2 Å². The van der Waals surface area contributed by atoms with Crippen molar-refractivity contribution in [2.24, 2.45) is 0 Å². The zero-order valence-corrected chi connectivity index (χ0v) is 14.2. The molecule has 0 amide bonds. The summed E-state index contributed by atoms with van der Waals surface area (Å²) < 4.78 is 6.12. The fourth-order valence-corrected chi connectivity index (χ4v) is 3.28. The molecule has 0 aliphatic heterocycles. The van der Waals surface area contributed by atoms with E-state index in [1.54, 1.807) is 7.11 Å². The highest BCUT2D eigenvalue weighted by molar-refractivity contribution is 9.10.